The van der Waals surface area contributed by atoms with Crippen molar-refractivity contribution in [2.75, 3.05) is 6.54 Å². The van der Waals surface area contributed by atoms with E-state index in [1.807, 2.05) is 30.3 Å². The minimum absolute atomic E-state index is 0.0717. The number of benzene rings is 2. The van der Waals surface area contributed by atoms with Crippen molar-refractivity contribution in [1.82, 2.24) is 20.9 Å². The first kappa shape index (κ1) is 28.6. The van der Waals surface area contributed by atoms with E-state index >= 15 is 0 Å². The van der Waals surface area contributed by atoms with Gasteiger partial charge in [-0.3, -0.25) is 24.2 Å². The highest BCUT2D eigenvalue weighted by molar-refractivity contribution is 6.06. The van der Waals surface area contributed by atoms with Gasteiger partial charge >= 0.3 is 0 Å². The quantitative estimate of drug-likeness (QED) is 0.165. The molecule has 2 heterocycles. The molecular weight excluding hydrogens is 513 g/mol. The zero-order valence-corrected chi connectivity index (χ0v) is 22.3. The van der Waals surface area contributed by atoms with Crippen molar-refractivity contribution >= 4 is 23.5 Å². The fourth-order valence-corrected chi connectivity index (χ4v) is 4.81. The van der Waals surface area contributed by atoms with Crippen LogP contribution in [-0.4, -0.2) is 46.7 Å². The number of rotatable bonds is 11. The maximum Gasteiger partial charge on any atom is 0.253 e. The third kappa shape index (κ3) is 6.23. The highest BCUT2D eigenvalue weighted by atomic mass is 19.1. The standard InChI is InChI=1S/C30H32FN5O4/c1-18(2)25(35-27(38)21-9-6-14-33-16-21)29(40)36-30(32,26(37)20-10-12-22(31)13-11-20)24(23-17-34-28(23)39)15-19-7-4-3-5-8-19/h3-14,16,18,23-25H,15,17,32H2,1-2H3,(H,34,39)(H,35,38)(H,36,40). The Bertz CT molecular complexity index is 1370. The van der Waals surface area contributed by atoms with Gasteiger partial charge in [-0.25, -0.2) is 4.39 Å². The lowest BCUT2D eigenvalue weighted by atomic mass is 9.71. The molecule has 4 rings (SSSR count). The minimum atomic E-state index is -2.07. The number of amides is 3. The van der Waals surface area contributed by atoms with Crippen LogP contribution in [-0.2, 0) is 16.0 Å². The van der Waals surface area contributed by atoms with Crippen molar-refractivity contribution in [1.29, 1.82) is 0 Å². The molecule has 9 nitrogen and oxygen atoms in total. The molecule has 4 atom stereocenters. The molecule has 40 heavy (non-hydrogen) atoms. The van der Waals surface area contributed by atoms with Gasteiger partial charge in [0.1, 0.15) is 11.9 Å². The van der Waals surface area contributed by atoms with Gasteiger partial charge in [0.15, 0.2) is 5.66 Å². The number of nitrogens with zero attached hydrogens (tertiary/aromatic N) is 1. The van der Waals surface area contributed by atoms with Crippen LogP contribution in [0.5, 0.6) is 0 Å². The van der Waals surface area contributed by atoms with Crippen LogP contribution >= 0.6 is 0 Å². The Labute approximate surface area is 231 Å². The Morgan fingerprint density at radius 3 is 2.30 bits per heavy atom. The number of pyridine rings is 1. The lowest BCUT2D eigenvalue weighted by Gasteiger charge is -2.44. The number of Topliss-reactive ketones (excluding diaryl/α,β-unsaturated/α-hetero) is 1. The summed E-state index contributed by atoms with van der Waals surface area (Å²) in [7, 11) is 0. The maximum absolute atomic E-state index is 14.0. The number of nitrogens with one attached hydrogen (secondary N) is 3. The lowest BCUT2D eigenvalue weighted by Crippen LogP contribution is -2.73. The van der Waals surface area contributed by atoms with Crippen LogP contribution in [0.4, 0.5) is 4.39 Å². The molecule has 208 valence electrons. The molecule has 5 N–H and O–H groups in total. The molecule has 4 unspecified atom stereocenters. The molecule has 3 amide bonds. The van der Waals surface area contributed by atoms with Gasteiger partial charge in [-0.2, -0.15) is 0 Å². The van der Waals surface area contributed by atoms with Gasteiger partial charge < -0.3 is 21.7 Å². The molecule has 1 aliphatic heterocycles. The predicted octanol–water partition coefficient (Wildman–Crippen LogP) is 2.23. The van der Waals surface area contributed by atoms with Crippen LogP contribution in [0.15, 0.2) is 79.1 Å². The van der Waals surface area contributed by atoms with Crippen molar-refractivity contribution < 1.29 is 23.6 Å². The summed E-state index contributed by atoms with van der Waals surface area (Å²) in [5, 5.41) is 8.12. The third-order valence-corrected chi connectivity index (χ3v) is 7.17. The number of aromatic nitrogens is 1. The van der Waals surface area contributed by atoms with Crippen LogP contribution in [0.1, 0.15) is 40.1 Å². The summed E-state index contributed by atoms with van der Waals surface area (Å²) in [6.45, 7) is 3.76. The molecule has 3 aromatic rings. The molecule has 1 aliphatic rings. The van der Waals surface area contributed by atoms with E-state index in [1.165, 1.54) is 24.5 Å². The van der Waals surface area contributed by atoms with Crippen LogP contribution in [0, 0.1) is 23.6 Å². The monoisotopic (exact) mass is 545 g/mol. The second-order valence-corrected chi connectivity index (χ2v) is 10.3. The van der Waals surface area contributed by atoms with E-state index in [2.05, 4.69) is 20.9 Å². The third-order valence-electron chi connectivity index (χ3n) is 7.17. The first-order chi connectivity index (χ1) is 19.1. The summed E-state index contributed by atoms with van der Waals surface area (Å²) < 4.78 is 13.7. The Kier molecular flexibility index (Phi) is 8.69. The molecule has 2 aromatic carbocycles. The van der Waals surface area contributed by atoms with Crippen LogP contribution in [0.2, 0.25) is 0 Å². The van der Waals surface area contributed by atoms with Crippen LogP contribution in [0.25, 0.3) is 0 Å². The molecule has 0 bridgehead atoms. The van der Waals surface area contributed by atoms with Crippen LogP contribution < -0.4 is 21.7 Å². The maximum atomic E-state index is 14.0. The van der Waals surface area contributed by atoms with E-state index in [0.29, 0.717) is 0 Å². The zero-order valence-electron chi connectivity index (χ0n) is 22.3. The Morgan fingerprint density at radius 2 is 1.75 bits per heavy atom. The van der Waals surface area contributed by atoms with Crippen molar-refractivity contribution in [3.05, 3.63) is 102 Å². The molecule has 0 spiro atoms. The summed E-state index contributed by atoms with van der Waals surface area (Å²) in [5.41, 5.74) is 5.95. The smallest absolute Gasteiger partial charge is 0.253 e. The van der Waals surface area contributed by atoms with Gasteiger partial charge in [0.05, 0.1) is 11.5 Å². The van der Waals surface area contributed by atoms with Crippen molar-refractivity contribution in [2.45, 2.75) is 32.0 Å². The molecule has 0 aliphatic carbocycles. The topological polar surface area (TPSA) is 143 Å². The van der Waals surface area contributed by atoms with Crippen molar-refractivity contribution in [3.8, 4) is 0 Å². The van der Waals surface area contributed by atoms with Gasteiger partial charge in [0, 0.05) is 30.4 Å². The second kappa shape index (κ2) is 12.2. The second-order valence-electron chi connectivity index (χ2n) is 10.3. The first-order valence-electron chi connectivity index (χ1n) is 13.0. The average molecular weight is 546 g/mol. The van der Waals surface area contributed by atoms with Gasteiger partial charge in [-0.05, 0) is 54.3 Å². The van der Waals surface area contributed by atoms with E-state index in [9.17, 15) is 23.6 Å². The number of hydrogen-bond acceptors (Lipinski definition) is 6. The molecule has 0 radical (unpaired) electrons. The summed E-state index contributed by atoms with van der Waals surface area (Å²) in [6.07, 6.45) is 3.11. The SMILES string of the molecule is CC(C)C(NC(=O)c1cccnc1)C(=O)NC(N)(C(=O)c1ccc(F)cc1)C(Cc1ccccc1)C1CNC1=O. The highest BCUT2D eigenvalue weighted by Gasteiger charge is 2.52. The molecule has 10 heteroatoms. The van der Waals surface area contributed by atoms with Crippen molar-refractivity contribution in [3.63, 3.8) is 0 Å². The van der Waals surface area contributed by atoms with E-state index in [1.54, 1.807) is 26.0 Å². The molecule has 0 saturated carbocycles. The fourth-order valence-electron chi connectivity index (χ4n) is 4.81. The minimum Gasteiger partial charge on any atom is -0.355 e. The number of hydrogen-bond donors (Lipinski definition) is 4. The zero-order chi connectivity index (χ0) is 28.9. The number of β-lactam (4-membered cyclic amide) rings is 1. The van der Waals surface area contributed by atoms with E-state index < -0.39 is 47.0 Å². The molecule has 1 fully saturated rings. The summed E-state index contributed by atoms with van der Waals surface area (Å²) >= 11 is 0. The number of carbonyl (C=O) groups excluding carboxylic acids is 4. The van der Waals surface area contributed by atoms with E-state index in [-0.39, 0.29) is 35.9 Å². The Balaban J connectivity index is 1.72. The average Bonchev–Trinajstić information content (AvgIpc) is 2.95. The Hall–Kier alpha value is -4.44. The predicted molar refractivity (Wildman–Crippen MR) is 146 cm³/mol. The van der Waals surface area contributed by atoms with Gasteiger partial charge in [-0.15, -0.1) is 0 Å². The normalized spacial score (nSPS) is 17.5. The van der Waals surface area contributed by atoms with E-state index in [4.69, 9.17) is 5.73 Å². The Morgan fingerprint density at radius 1 is 1.05 bits per heavy atom. The summed E-state index contributed by atoms with van der Waals surface area (Å²) in [6, 6.07) is 16.1. The number of carbonyl (C=O) groups is 4. The highest BCUT2D eigenvalue weighted by Crippen LogP contribution is 2.32. The fraction of sp³-hybridized carbons (Fsp3) is 0.300. The number of halogens is 1. The number of ketones is 1. The first-order valence-corrected chi connectivity index (χ1v) is 13.0. The van der Waals surface area contributed by atoms with Crippen molar-refractivity contribution in [2.24, 2.45) is 23.5 Å². The van der Waals surface area contributed by atoms with Gasteiger partial charge in [0.25, 0.3) is 5.91 Å². The number of nitrogens with two attached hydrogens (primary N) is 1. The summed E-state index contributed by atoms with van der Waals surface area (Å²) in [5.74, 6) is -4.63. The largest absolute Gasteiger partial charge is 0.355 e. The van der Waals surface area contributed by atoms with Crippen LogP contribution in [0.3, 0.4) is 0 Å². The molecule has 1 saturated heterocycles. The summed E-state index contributed by atoms with van der Waals surface area (Å²) in [4.78, 5) is 57.3. The molecular formula is C30H32FN5O4. The van der Waals surface area contributed by atoms with Gasteiger partial charge in [0.2, 0.25) is 17.6 Å². The lowest BCUT2D eigenvalue weighted by molar-refractivity contribution is -0.136. The van der Waals surface area contributed by atoms with E-state index in [0.717, 1.165) is 17.7 Å². The molecule has 1 aromatic heterocycles. The van der Waals surface area contributed by atoms with Gasteiger partial charge in [-0.1, -0.05) is 44.2 Å².